The monoisotopic (exact) mass is 285 g/mol. The number of carboxylic acids is 1. The Morgan fingerprint density at radius 1 is 1.53 bits per heavy atom. The second-order valence-corrected chi connectivity index (χ2v) is 5.68. The van der Waals surface area contributed by atoms with Crippen molar-refractivity contribution in [3.8, 4) is 0 Å². The zero-order valence-electron chi connectivity index (χ0n) is 11.3. The van der Waals surface area contributed by atoms with E-state index in [1.807, 2.05) is 13.8 Å². The summed E-state index contributed by atoms with van der Waals surface area (Å²) in [4.78, 5) is 28.1. The number of aromatic nitrogens is 1. The minimum atomic E-state index is -1.02. The van der Waals surface area contributed by atoms with E-state index in [1.165, 1.54) is 0 Å². The first kappa shape index (κ1) is 15.6. The van der Waals surface area contributed by atoms with E-state index in [0.717, 1.165) is 11.3 Å². The van der Waals surface area contributed by atoms with Gasteiger partial charge in [0.05, 0.1) is 12.2 Å². The molecule has 0 saturated carbocycles. The lowest BCUT2D eigenvalue weighted by Gasteiger charge is -2.15. The van der Waals surface area contributed by atoms with Crippen LogP contribution >= 0.6 is 11.3 Å². The Labute approximate surface area is 116 Å². The van der Waals surface area contributed by atoms with Crippen LogP contribution in [0.2, 0.25) is 0 Å². The van der Waals surface area contributed by atoms with Gasteiger partial charge in [0.2, 0.25) is 10.9 Å². The first-order chi connectivity index (χ1) is 8.88. The summed E-state index contributed by atoms with van der Waals surface area (Å²) in [6.45, 7) is 5.46. The summed E-state index contributed by atoms with van der Waals surface area (Å²) in [5.74, 6) is -0.635. The quantitative estimate of drug-likeness (QED) is 0.782. The van der Waals surface area contributed by atoms with E-state index in [1.54, 1.807) is 17.3 Å². The van der Waals surface area contributed by atoms with Gasteiger partial charge in [0.15, 0.2) is 0 Å². The number of likely N-dealkylation sites (N-methyl/N-ethyl adjacent to an activating group) is 1. The van der Waals surface area contributed by atoms with Gasteiger partial charge in [0.1, 0.15) is 0 Å². The van der Waals surface area contributed by atoms with Crippen molar-refractivity contribution in [3.05, 3.63) is 16.1 Å². The molecule has 0 saturated heterocycles. The van der Waals surface area contributed by atoms with E-state index in [4.69, 9.17) is 5.11 Å². The lowest BCUT2D eigenvalue weighted by atomic mass is 10.2. The SMILES string of the molecule is CC(C)CNC(=O)CN(C)Cc1csc(C(=O)O)n1. The van der Waals surface area contributed by atoms with Gasteiger partial charge < -0.3 is 10.4 Å². The molecule has 0 aromatic carbocycles. The maximum Gasteiger partial charge on any atom is 0.365 e. The normalized spacial score (nSPS) is 11.0. The van der Waals surface area contributed by atoms with Gasteiger partial charge >= 0.3 is 5.97 Å². The molecule has 19 heavy (non-hydrogen) atoms. The Balaban J connectivity index is 2.39. The maximum absolute atomic E-state index is 11.6. The minimum absolute atomic E-state index is 0.0371. The highest BCUT2D eigenvalue weighted by molar-refractivity contribution is 7.11. The van der Waals surface area contributed by atoms with E-state index in [0.29, 0.717) is 24.7 Å². The Morgan fingerprint density at radius 3 is 2.74 bits per heavy atom. The molecule has 0 spiro atoms. The van der Waals surface area contributed by atoms with E-state index in [2.05, 4.69) is 10.3 Å². The van der Waals surface area contributed by atoms with Crippen LogP contribution in [0.1, 0.15) is 29.3 Å². The van der Waals surface area contributed by atoms with E-state index >= 15 is 0 Å². The standard InChI is InChI=1S/C12H19N3O3S/c1-8(2)4-13-10(16)6-15(3)5-9-7-19-11(14-9)12(17)18/h7-8H,4-6H2,1-3H3,(H,13,16)(H,17,18). The smallest absolute Gasteiger partial charge is 0.365 e. The Morgan fingerprint density at radius 2 is 2.21 bits per heavy atom. The van der Waals surface area contributed by atoms with Crippen LogP contribution < -0.4 is 5.32 Å². The molecule has 106 valence electrons. The number of carboxylic acid groups (broad SMARTS) is 1. The van der Waals surface area contributed by atoms with Crippen molar-refractivity contribution in [1.29, 1.82) is 0 Å². The van der Waals surface area contributed by atoms with Crippen molar-refractivity contribution in [2.24, 2.45) is 5.92 Å². The van der Waals surface area contributed by atoms with Gasteiger partial charge in [0, 0.05) is 18.5 Å². The van der Waals surface area contributed by atoms with Crippen LogP contribution in [-0.2, 0) is 11.3 Å². The van der Waals surface area contributed by atoms with Crippen LogP contribution in [0.4, 0.5) is 0 Å². The second kappa shape index (κ2) is 7.20. The first-order valence-electron chi connectivity index (χ1n) is 6.01. The summed E-state index contributed by atoms with van der Waals surface area (Å²) in [5, 5.41) is 13.4. The lowest BCUT2D eigenvalue weighted by Crippen LogP contribution is -2.36. The first-order valence-corrected chi connectivity index (χ1v) is 6.89. The number of nitrogens with zero attached hydrogens (tertiary/aromatic N) is 2. The number of hydrogen-bond donors (Lipinski definition) is 2. The number of rotatable bonds is 7. The summed E-state index contributed by atoms with van der Waals surface area (Å²) in [6.07, 6.45) is 0. The molecule has 1 aromatic heterocycles. The van der Waals surface area contributed by atoms with E-state index in [-0.39, 0.29) is 17.5 Å². The third-order valence-electron chi connectivity index (χ3n) is 2.29. The zero-order chi connectivity index (χ0) is 14.4. The van der Waals surface area contributed by atoms with Gasteiger partial charge in [-0.3, -0.25) is 9.69 Å². The molecule has 0 unspecified atom stereocenters. The van der Waals surface area contributed by atoms with Crippen molar-refractivity contribution in [1.82, 2.24) is 15.2 Å². The lowest BCUT2D eigenvalue weighted by molar-refractivity contribution is -0.122. The fourth-order valence-corrected chi connectivity index (χ4v) is 2.07. The predicted molar refractivity (Wildman–Crippen MR) is 73.3 cm³/mol. The van der Waals surface area contributed by atoms with Crippen molar-refractivity contribution in [3.63, 3.8) is 0 Å². The van der Waals surface area contributed by atoms with Crippen LogP contribution in [0.15, 0.2) is 5.38 Å². The van der Waals surface area contributed by atoms with E-state index in [9.17, 15) is 9.59 Å². The highest BCUT2D eigenvalue weighted by Crippen LogP contribution is 2.11. The summed E-state index contributed by atoms with van der Waals surface area (Å²) in [6, 6.07) is 0. The number of nitrogens with one attached hydrogen (secondary N) is 1. The molecule has 6 nitrogen and oxygen atoms in total. The van der Waals surface area contributed by atoms with Crippen molar-refractivity contribution >= 4 is 23.2 Å². The summed E-state index contributed by atoms with van der Waals surface area (Å²) >= 11 is 1.09. The fourth-order valence-electron chi connectivity index (χ4n) is 1.43. The Hall–Kier alpha value is -1.47. The fraction of sp³-hybridized carbons (Fsp3) is 0.583. The molecule has 0 radical (unpaired) electrons. The van der Waals surface area contributed by atoms with Crippen LogP contribution in [0.3, 0.4) is 0 Å². The van der Waals surface area contributed by atoms with Crippen LogP contribution in [0, 0.1) is 5.92 Å². The highest BCUT2D eigenvalue weighted by atomic mass is 32.1. The van der Waals surface area contributed by atoms with Gasteiger partial charge in [-0.1, -0.05) is 13.8 Å². The van der Waals surface area contributed by atoms with Gasteiger partial charge in [-0.25, -0.2) is 9.78 Å². The van der Waals surface area contributed by atoms with Crippen LogP contribution in [0.5, 0.6) is 0 Å². The summed E-state index contributed by atoms with van der Waals surface area (Å²) in [5.41, 5.74) is 0.668. The average molecular weight is 285 g/mol. The Bertz CT molecular complexity index is 445. The molecular weight excluding hydrogens is 266 g/mol. The van der Waals surface area contributed by atoms with Crippen LogP contribution in [-0.4, -0.2) is 47.0 Å². The number of hydrogen-bond acceptors (Lipinski definition) is 5. The third-order valence-corrected chi connectivity index (χ3v) is 3.17. The van der Waals surface area contributed by atoms with Gasteiger partial charge in [0.25, 0.3) is 0 Å². The molecule has 0 aliphatic rings. The molecule has 1 rings (SSSR count). The second-order valence-electron chi connectivity index (χ2n) is 4.82. The molecule has 0 bridgehead atoms. The predicted octanol–water partition coefficient (Wildman–Crippen LogP) is 1.05. The Kier molecular flexibility index (Phi) is 5.91. The molecule has 1 amide bonds. The summed E-state index contributed by atoms with van der Waals surface area (Å²) < 4.78 is 0. The maximum atomic E-state index is 11.6. The minimum Gasteiger partial charge on any atom is -0.476 e. The molecule has 1 aromatic rings. The molecule has 2 N–H and O–H groups in total. The number of thiazole rings is 1. The van der Waals surface area contributed by atoms with Gasteiger partial charge in [-0.15, -0.1) is 11.3 Å². The van der Waals surface area contributed by atoms with Crippen LogP contribution in [0.25, 0.3) is 0 Å². The summed E-state index contributed by atoms with van der Waals surface area (Å²) in [7, 11) is 1.80. The molecule has 0 fully saturated rings. The van der Waals surface area contributed by atoms with Gasteiger partial charge in [-0.2, -0.15) is 0 Å². The molecular formula is C12H19N3O3S. The molecule has 0 aliphatic heterocycles. The molecule has 0 aliphatic carbocycles. The molecule has 0 atom stereocenters. The third kappa shape index (κ3) is 5.80. The largest absolute Gasteiger partial charge is 0.476 e. The van der Waals surface area contributed by atoms with Gasteiger partial charge in [-0.05, 0) is 13.0 Å². The average Bonchev–Trinajstić information content (AvgIpc) is 2.74. The number of carbonyl (C=O) groups is 2. The molecule has 7 heteroatoms. The highest BCUT2D eigenvalue weighted by Gasteiger charge is 2.12. The molecule has 1 heterocycles. The number of amides is 1. The topological polar surface area (TPSA) is 82.5 Å². The van der Waals surface area contributed by atoms with E-state index < -0.39 is 5.97 Å². The zero-order valence-corrected chi connectivity index (χ0v) is 12.2. The van der Waals surface area contributed by atoms with Crippen molar-refractivity contribution < 1.29 is 14.7 Å². The van der Waals surface area contributed by atoms with Crippen molar-refractivity contribution in [2.75, 3.05) is 20.1 Å². The number of carbonyl (C=O) groups excluding carboxylic acids is 1. The van der Waals surface area contributed by atoms with Crippen molar-refractivity contribution in [2.45, 2.75) is 20.4 Å². The number of aromatic carboxylic acids is 1.